The van der Waals surface area contributed by atoms with Gasteiger partial charge in [0.25, 0.3) is 10.0 Å². The van der Waals surface area contributed by atoms with Crippen LogP contribution in [-0.2, 0) is 17.1 Å². The molecule has 1 aliphatic heterocycles. The van der Waals surface area contributed by atoms with Crippen LogP contribution >= 0.6 is 15.9 Å². The van der Waals surface area contributed by atoms with Crippen molar-refractivity contribution in [3.63, 3.8) is 0 Å². The highest BCUT2D eigenvalue weighted by Crippen LogP contribution is 2.27. The van der Waals surface area contributed by atoms with Crippen LogP contribution in [0.2, 0.25) is 0 Å². The van der Waals surface area contributed by atoms with Gasteiger partial charge in [-0.25, -0.2) is 13.4 Å². The molecule has 0 aromatic carbocycles. The van der Waals surface area contributed by atoms with Crippen molar-refractivity contribution in [1.29, 1.82) is 0 Å². The Kier molecular flexibility index (Phi) is 3.61. The molecule has 2 heterocycles. The second-order valence-corrected chi connectivity index (χ2v) is 7.58. The lowest BCUT2D eigenvalue weighted by Gasteiger charge is -2.32. The SMILES string of the molecule is CC1CCN(S(=O)(=O)c2cn(C)cn2)CC1Br. The van der Waals surface area contributed by atoms with Gasteiger partial charge in [-0.1, -0.05) is 22.9 Å². The third-order valence-electron chi connectivity index (χ3n) is 3.11. The maximum atomic E-state index is 12.3. The number of hydrogen-bond donors (Lipinski definition) is 0. The second-order valence-electron chi connectivity index (χ2n) is 4.52. The van der Waals surface area contributed by atoms with Gasteiger partial charge in [0.2, 0.25) is 0 Å². The number of halogens is 1. The molecule has 2 unspecified atom stereocenters. The first-order valence-electron chi connectivity index (χ1n) is 5.53. The molecule has 0 aliphatic carbocycles. The molecule has 1 saturated heterocycles. The average Bonchev–Trinajstić information content (AvgIpc) is 2.69. The van der Waals surface area contributed by atoms with E-state index in [9.17, 15) is 8.42 Å². The molecule has 1 aliphatic rings. The maximum Gasteiger partial charge on any atom is 0.262 e. The average molecular weight is 322 g/mol. The summed E-state index contributed by atoms with van der Waals surface area (Å²) in [6.45, 7) is 3.21. The van der Waals surface area contributed by atoms with Crippen molar-refractivity contribution in [1.82, 2.24) is 13.9 Å². The lowest BCUT2D eigenvalue weighted by Crippen LogP contribution is -2.43. The Labute approximate surface area is 110 Å². The fourth-order valence-electron chi connectivity index (χ4n) is 1.87. The predicted octanol–water partition coefficient (Wildman–Crippen LogP) is 1.21. The van der Waals surface area contributed by atoms with Gasteiger partial charge in [0.15, 0.2) is 5.03 Å². The van der Waals surface area contributed by atoms with Crippen LogP contribution in [0.5, 0.6) is 0 Å². The van der Waals surface area contributed by atoms with Crippen LogP contribution in [0, 0.1) is 5.92 Å². The standard InChI is InChI=1S/C10H16BrN3O2S/c1-8-3-4-14(5-9(8)11)17(15,16)10-6-13(2)7-12-10/h6-9H,3-5H2,1-2H3. The Balaban J connectivity index is 2.22. The monoisotopic (exact) mass is 321 g/mol. The zero-order valence-electron chi connectivity index (χ0n) is 9.88. The Hall–Kier alpha value is -0.400. The quantitative estimate of drug-likeness (QED) is 0.769. The van der Waals surface area contributed by atoms with E-state index in [0.29, 0.717) is 19.0 Å². The van der Waals surface area contributed by atoms with Gasteiger partial charge in [0.05, 0.1) is 6.33 Å². The number of nitrogens with zero attached hydrogens (tertiary/aromatic N) is 3. The summed E-state index contributed by atoms with van der Waals surface area (Å²) in [6.07, 6.45) is 3.92. The number of imidazole rings is 1. The van der Waals surface area contributed by atoms with E-state index >= 15 is 0 Å². The molecule has 1 aromatic rings. The van der Waals surface area contributed by atoms with Crippen molar-refractivity contribution >= 4 is 26.0 Å². The molecular weight excluding hydrogens is 306 g/mol. The molecule has 2 rings (SSSR count). The van der Waals surface area contributed by atoms with Crippen LogP contribution in [-0.4, -0.2) is 40.2 Å². The Morgan fingerprint density at radius 1 is 1.53 bits per heavy atom. The first-order valence-corrected chi connectivity index (χ1v) is 7.89. The minimum atomic E-state index is -3.43. The minimum absolute atomic E-state index is 0.134. The number of piperidine rings is 1. The summed E-state index contributed by atoms with van der Waals surface area (Å²) in [7, 11) is -1.66. The summed E-state index contributed by atoms with van der Waals surface area (Å²) in [5.41, 5.74) is 0. The lowest BCUT2D eigenvalue weighted by molar-refractivity contribution is 0.299. The molecule has 1 fully saturated rings. The highest BCUT2D eigenvalue weighted by atomic mass is 79.9. The molecule has 0 spiro atoms. The molecular formula is C10H16BrN3O2S. The summed E-state index contributed by atoms with van der Waals surface area (Å²) in [6, 6.07) is 0. The summed E-state index contributed by atoms with van der Waals surface area (Å²) in [5, 5.41) is 0.134. The number of aryl methyl sites for hydroxylation is 1. The van der Waals surface area contributed by atoms with Crippen molar-refractivity contribution in [2.75, 3.05) is 13.1 Å². The van der Waals surface area contributed by atoms with Crippen molar-refractivity contribution < 1.29 is 8.42 Å². The smallest absolute Gasteiger partial charge is 0.262 e. The van der Waals surface area contributed by atoms with Crippen molar-refractivity contribution in [2.45, 2.75) is 23.2 Å². The molecule has 5 nitrogen and oxygen atoms in total. The Morgan fingerprint density at radius 2 is 2.24 bits per heavy atom. The first-order chi connectivity index (χ1) is 7.91. The summed E-state index contributed by atoms with van der Waals surface area (Å²) >= 11 is 3.53. The largest absolute Gasteiger partial charge is 0.339 e. The highest BCUT2D eigenvalue weighted by molar-refractivity contribution is 9.09. The zero-order chi connectivity index (χ0) is 12.6. The van der Waals surface area contributed by atoms with Crippen LogP contribution in [0.3, 0.4) is 0 Å². The third kappa shape index (κ3) is 2.56. The molecule has 0 bridgehead atoms. The highest BCUT2D eigenvalue weighted by Gasteiger charge is 2.33. The molecule has 0 amide bonds. The molecule has 7 heteroatoms. The summed E-state index contributed by atoms with van der Waals surface area (Å²) < 4.78 is 27.7. The van der Waals surface area contributed by atoms with E-state index in [1.54, 1.807) is 11.6 Å². The van der Waals surface area contributed by atoms with E-state index in [0.717, 1.165) is 6.42 Å². The van der Waals surface area contributed by atoms with Gasteiger partial charge in [-0.05, 0) is 12.3 Å². The van der Waals surface area contributed by atoms with Gasteiger partial charge in [-0.3, -0.25) is 0 Å². The lowest BCUT2D eigenvalue weighted by atomic mass is 10.0. The molecule has 96 valence electrons. The second kappa shape index (κ2) is 4.70. The number of rotatable bonds is 2. The normalized spacial score (nSPS) is 27.2. The Morgan fingerprint density at radius 3 is 2.76 bits per heavy atom. The molecule has 1 aromatic heterocycles. The zero-order valence-corrected chi connectivity index (χ0v) is 12.3. The van der Waals surface area contributed by atoms with Crippen molar-refractivity contribution in [3.8, 4) is 0 Å². The van der Waals surface area contributed by atoms with E-state index in [1.807, 2.05) is 0 Å². The van der Waals surface area contributed by atoms with E-state index < -0.39 is 10.0 Å². The van der Waals surface area contributed by atoms with Crippen LogP contribution in [0.15, 0.2) is 17.6 Å². The fraction of sp³-hybridized carbons (Fsp3) is 0.700. The van der Waals surface area contributed by atoms with E-state index in [-0.39, 0.29) is 9.85 Å². The van der Waals surface area contributed by atoms with Gasteiger partial charge >= 0.3 is 0 Å². The molecule has 0 radical (unpaired) electrons. The molecule has 2 atom stereocenters. The summed E-state index contributed by atoms with van der Waals surface area (Å²) in [5.74, 6) is 0.505. The van der Waals surface area contributed by atoms with Crippen LogP contribution in [0.4, 0.5) is 0 Å². The number of hydrogen-bond acceptors (Lipinski definition) is 3. The fourth-order valence-corrected chi connectivity index (χ4v) is 4.12. The predicted molar refractivity (Wildman–Crippen MR) is 68.5 cm³/mol. The van der Waals surface area contributed by atoms with Crippen molar-refractivity contribution in [3.05, 3.63) is 12.5 Å². The van der Waals surface area contributed by atoms with Crippen LogP contribution < -0.4 is 0 Å². The van der Waals surface area contributed by atoms with Gasteiger partial charge in [0, 0.05) is 31.2 Å². The first kappa shape index (κ1) is 13.0. The molecule has 0 saturated carbocycles. The molecule has 17 heavy (non-hydrogen) atoms. The van der Waals surface area contributed by atoms with Gasteiger partial charge in [-0.15, -0.1) is 0 Å². The van der Waals surface area contributed by atoms with Crippen LogP contribution in [0.1, 0.15) is 13.3 Å². The van der Waals surface area contributed by atoms with Crippen molar-refractivity contribution in [2.24, 2.45) is 13.0 Å². The summed E-state index contributed by atoms with van der Waals surface area (Å²) in [4.78, 5) is 4.14. The number of aromatic nitrogens is 2. The van der Waals surface area contributed by atoms with Gasteiger partial charge < -0.3 is 4.57 Å². The topological polar surface area (TPSA) is 55.2 Å². The van der Waals surface area contributed by atoms with E-state index in [1.165, 1.54) is 16.8 Å². The number of sulfonamides is 1. The van der Waals surface area contributed by atoms with Gasteiger partial charge in [-0.2, -0.15) is 4.31 Å². The molecule has 0 N–H and O–H groups in total. The number of alkyl halides is 1. The third-order valence-corrected chi connectivity index (χ3v) is 6.06. The van der Waals surface area contributed by atoms with E-state index in [4.69, 9.17) is 0 Å². The maximum absolute atomic E-state index is 12.3. The minimum Gasteiger partial charge on any atom is -0.339 e. The van der Waals surface area contributed by atoms with Crippen LogP contribution in [0.25, 0.3) is 0 Å². The Bertz CT molecular complexity index is 499. The van der Waals surface area contributed by atoms with Gasteiger partial charge in [0.1, 0.15) is 0 Å². The van der Waals surface area contributed by atoms with E-state index in [2.05, 4.69) is 27.8 Å².